The van der Waals surface area contributed by atoms with E-state index in [1.54, 1.807) is 48.5 Å². The smallest absolute Gasteiger partial charge is 0.283 e. The molecule has 0 saturated carbocycles. The lowest BCUT2D eigenvalue weighted by Crippen LogP contribution is -2.32. The van der Waals surface area contributed by atoms with Crippen molar-refractivity contribution >= 4 is 46.4 Å². The highest BCUT2D eigenvalue weighted by Gasteiger charge is 2.40. The second-order valence-corrected chi connectivity index (χ2v) is 8.28. The van der Waals surface area contributed by atoms with Crippen molar-refractivity contribution in [1.29, 1.82) is 0 Å². The van der Waals surface area contributed by atoms with Gasteiger partial charge in [-0.3, -0.25) is 14.4 Å². The minimum atomic E-state index is -0.719. The van der Waals surface area contributed by atoms with E-state index in [-0.39, 0.29) is 27.7 Å². The van der Waals surface area contributed by atoms with Gasteiger partial charge in [0.05, 0.1) is 39.8 Å². The number of nitrogens with zero attached hydrogens (tertiary/aromatic N) is 1. The molecule has 3 aromatic rings. The molecule has 1 aliphatic rings. The Bertz CT molecular complexity index is 1450. The van der Waals surface area contributed by atoms with Gasteiger partial charge in [0.15, 0.2) is 0 Å². The fraction of sp³-hybridized carbons (Fsp3) is 0.148. The molecule has 0 spiro atoms. The normalized spacial score (nSPS) is 12.9. The number of imide groups is 1. The van der Waals surface area contributed by atoms with Crippen LogP contribution in [0.1, 0.15) is 10.4 Å². The molecule has 0 fully saturated rings. The average Bonchev–Trinajstić information content (AvgIpc) is 3.15. The number of ether oxygens (including phenoxy) is 4. The highest BCUT2D eigenvalue weighted by Crippen LogP contribution is 2.38. The van der Waals surface area contributed by atoms with E-state index in [2.05, 4.69) is 10.6 Å². The van der Waals surface area contributed by atoms with Crippen molar-refractivity contribution in [3.63, 3.8) is 0 Å². The molecule has 38 heavy (non-hydrogen) atoms. The maximum atomic E-state index is 13.2. The van der Waals surface area contributed by atoms with Gasteiger partial charge in [0.25, 0.3) is 17.7 Å². The number of hydrogen-bond donors (Lipinski definition) is 2. The lowest BCUT2D eigenvalue weighted by atomic mass is 10.1. The summed E-state index contributed by atoms with van der Waals surface area (Å²) in [6.45, 7) is 0. The molecular formula is C27H24ClN3O7. The molecule has 0 saturated heterocycles. The Morgan fingerprint density at radius 3 is 2.11 bits per heavy atom. The number of amides is 3. The Balaban J connectivity index is 1.56. The van der Waals surface area contributed by atoms with Crippen LogP contribution in [-0.4, -0.2) is 46.2 Å². The summed E-state index contributed by atoms with van der Waals surface area (Å²) < 4.78 is 21.0. The summed E-state index contributed by atoms with van der Waals surface area (Å²) in [7, 11) is 5.91. The van der Waals surface area contributed by atoms with Crippen LogP contribution >= 0.6 is 11.6 Å². The number of carbonyl (C=O) groups is 3. The van der Waals surface area contributed by atoms with Crippen molar-refractivity contribution in [2.45, 2.75) is 0 Å². The van der Waals surface area contributed by atoms with Gasteiger partial charge in [0.2, 0.25) is 0 Å². The van der Waals surface area contributed by atoms with Gasteiger partial charge in [-0.15, -0.1) is 0 Å². The lowest BCUT2D eigenvalue weighted by molar-refractivity contribution is -0.120. The van der Waals surface area contributed by atoms with Crippen LogP contribution in [0.3, 0.4) is 0 Å². The molecule has 2 N–H and O–H groups in total. The van der Waals surface area contributed by atoms with Crippen molar-refractivity contribution in [2.24, 2.45) is 0 Å². The Morgan fingerprint density at radius 2 is 1.45 bits per heavy atom. The molecule has 11 heteroatoms. The van der Waals surface area contributed by atoms with Gasteiger partial charge in [-0.25, -0.2) is 4.90 Å². The number of rotatable bonds is 9. The third kappa shape index (κ3) is 5.07. The summed E-state index contributed by atoms with van der Waals surface area (Å²) in [6.07, 6.45) is 0. The highest BCUT2D eigenvalue weighted by molar-refractivity contribution is 6.53. The third-order valence-electron chi connectivity index (χ3n) is 5.71. The highest BCUT2D eigenvalue weighted by atomic mass is 35.5. The zero-order chi connectivity index (χ0) is 27.4. The maximum Gasteiger partial charge on any atom is 0.283 e. The zero-order valence-corrected chi connectivity index (χ0v) is 21.7. The molecule has 0 radical (unpaired) electrons. The Hall–Kier alpha value is -4.70. The van der Waals surface area contributed by atoms with Gasteiger partial charge in [-0.05, 0) is 42.5 Å². The molecule has 0 atom stereocenters. The average molecular weight is 538 g/mol. The molecule has 1 aliphatic heterocycles. The molecular weight excluding hydrogens is 514 g/mol. The van der Waals surface area contributed by atoms with Crippen LogP contribution in [0.2, 0.25) is 0 Å². The molecule has 0 bridgehead atoms. The van der Waals surface area contributed by atoms with Crippen LogP contribution < -0.4 is 34.5 Å². The summed E-state index contributed by atoms with van der Waals surface area (Å²) in [4.78, 5) is 40.0. The molecule has 0 unspecified atom stereocenters. The monoisotopic (exact) mass is 537 g/mol. The first-order chi connectivity index (χ1) is 18.3. The SMILES string of the molecule is COc1ccc(NC(=O)c2cccc(NC3=C(Cl)C(=O)N(c4ccc(OC)cc4OC)C3=O)c2)c(OC)c1. The van der Waals surface area contributed by atoms with Gasteiger partial charge >= 0.3 is 0 Å². The van der Waals surface area contributed by atoms with Crippen molar-refractivity contribution in [3.8, 4) is 23.0 Å². The van der Waals surface area contributed by atoms with Crippen LogP contribution in [0, 0.1) is 0 Å². The Kier molecular flexibility index (Phi) is 7.73. The van der Waals surface area contributed by atoms with Gasteiger partial charge in [0, 0.05) is 23.4 Å². The van der Waals surface area contributed by atoms with E-state index in [9.17, 15) is 14.4 Å². The summed E-state index contributed by atoms with van der Waals surface area (Å²) in [5, 5.41) is 5.36. The van der Waals surface area contributed by atoms with E-state index < -0.39 is 17.7 Å². The van der Waals surface area contributed by atoms with Crippen LogP contribution in [0.25, 0.3) is 0 Å². The lowest BCUT2D eigenvalue weighted by Gasteiger charge is -2.18. The number of anilines is 3. The molecule has 10 nitrogen and oxygen atoms in total. The second-order valence-electron chi connectivity index (χ2n) is 7.90. The van der Waals surface area contributed by atoms with Crippen molar-refractivity contribution in [3.05, 3.63) is 77.0 Å². The summed E-state index contributed by atoms with van der Waals surface area (Å²) >= 11 is 6.28. The van der Waals surface area contributed by atoms with E-state index >= 15 is 0 Å². The van der Waals surface area contributed by atoms with Crippen molar-refractivity contribution < 1.29 is 33.3 Å². The van der Waals surface area contributed by atoms with Gasteiger partial charge in [-0.1, -0.05) is 17.7 Å². The van der Waals surface area contributed by atoms with Crippen LogP contribution in [-0.2, 0) is 9.59 Å². The first-order valence-electron chi connectivity index (χ1n) is 11.2. The number of methoxy groups -OCH3 is 4. The summed E-state index contributed by atoms with van der Waals surface area (Å²) in [5.41, 5.74) is 1.18. The Labute approximate surface area is 223 Å². The number of benzene rings is 3. The zero-order valence-electron chi connectivity index (χ0n) is 21.0. The van der Waals surface area contributed by atoms with E-state index in [0.717, 1.165) is 4.90 Å². The third-order valence-corrected chi connectivity index (χ3v) is 6.06. The van der Waals surface area contributed by atoms with Gasteiger partial charge < -0.3 is 29.6 Å². The number of carbonyl (C=O) groups excluding carboxylic acids is 3. The molecule has 3 aromatic carbocycles. The van der Waals surface area contributed by atoms with Gasteiger partial charge in [-0.2, -0.15) is 0 Å². The molecule has 0 aliphatic carbocycles. The van der Waals surface area contributed by atoms with Crippen molar-refractivity contribution in [1.82, 2.24) is 0 Å². The fourth-order valence-electron chi connectivity index (χ4n) is 3.78. The fourth-order valence-corrected chi connectivity index (χ4v) is 3.99. The first kappa shape index (κ1) is 26.4. The minimum Gasteiger partial charge on any atom is -0.497 e. The Morgan fingerprint density at radius 1 is 0.789 bits per heavy atom. The molecule has 196 valence electrons. The number of hydrogen-bond acceptors (Lipinski definition) is 8. The van der Waals surface area contributed by atoms with E-state index in [1.165, 1.54) is 40.6 Å². The first-order valence-corrected chi connectivity index (χ1v) is 11.6. The van der Waals surface area contributed by atoms with E-state index in [4.69, 9.17) is 30.5 Å². The second kappa shape index (κ2) is 11.1. The van der Waals surface area contributed by atoms with E-state index in [0.29, 0.717) is 28.6 Å². The number of nitrogens with one attached hydrogen (secondary N) is 2. The molecule has 4 rings (SSSR count). The summed E-state index contributed by atoms with van der Waals surface area (Å²) in [6, 6.07) is 16.1. The predicted molar refractivity (Wildman–Crippen MR) is 142 cm³/mol. The van der Waals surface area contributed by atoms with Gasteiger partial charge in [0.1, 0.15) is 33.7 Å². The van der Waals surface area contributed by atoms with Crippen molar-refractivity contribution in [2.75, 3.05) is 44.0 Å². The quantitative estimate of drug-likeness (QED) is 0.386. The van der Waals surface area contributed by atoms with Crippen LogP contribution in [0.5, 0.6) is 23.0 Å². The standard InChI is InChI=1S/C27H24ClN3O7/c1-35-17-8-10-19(21(13-17)37-3)30-25(32)15-6-5-7-16(12-15)29-24-23(28)26(33)31(27(24)34)20-11-9-18(36-2)14-22(20)38-4/h5-14,29H,1-4H3,(H,30,32). The maximum absolute atomic E-state index is 13.2. The minimum absolute atomic E-state index is 0.135. The van der Waals surface area contributed by atoms with Crippen LogP contribution in [0.4, 0.5) is 17.1 Å². The molecule has 3 amide bonds. The molecule has 0 aromatic heterocycles. The van der Waals surface area contributed by atoms with Crippen LogP contribution in [0.15, 0.2) is 71.4 Å². The van der Waals surface area contributed by atoms with E-state index in [1.807, 2.05) is 0 Å². The molecule has 1 heterocycles. The largest absolute Gasteiger partial charge is 0.497 e. The predicted octanol–water partition coefficient (Wildman–Crippen LogP) is 4.41. The number of halogens is 1. The topological polar surface area (TPSA) is 115 Å². The summed E-state index contributed by atoms with van der Waals surface area (Å²) in [5.74, 6) is -0.0739.